The highest BCUT2D eigenvalue weighted by atomic mass is 32.2. The zero-order valence-electron chi connectivity index (χ0n) is 13.1. The number of nitrogens with zero attached hydrogens (tertiary/aromatic N) is 3. The van der Waals surface area contributed by atoms with E-state index in [0.717, 1.165) is 23.4 Å². The molecule has 1 aliphatic rings. The summed E-state index contributed by atoms with van der Waals surface area (Å²) in [5, 5.41) is 12.5. The topological polar surface area (TPSA) is 73.1 Å². The van der Waals surface area contributed by atoms with Gasteiger partial charge in [0.1, 0.15) is 0 Å². The summed E-state index contributed by atoms with van der Waals surface area (Å²) in [6.07, 6.45) is 2.20. The average Bonchev–Trinajstić information content (AvgIpc) is 3.09. The fraction of sp³-hybridized carbons (Fsp3) is 0.235. The fourth-order valence-corrected chi connectivity index (χ4v) is 3.10. The van der Waals surface area contributed by atoms with E-state index in [1.807, 2.05) is 36.4 Å². The highest BCUT2D eigenvalue weighted by Gasteiger charge is 2.27. The van der Waals surface area contributed by atoms with Crippen molar-refractivity contribution in [3.05, 3.63) is 48.4 Å². The van der Waals surface area contributed by atoms with Crippen molar-refractivity contribution in [1.82, 2.24) is 15.2 Å². The third-order valence-corrected chi connectivity index (χ3v) is 4.61. The Morgan fingerprint density at radius 1 is 1.17 bits per heavy atom. The molecule has 1 aliphatic heterocycles. The van der Waals surface area contributed by atoms with Gasteiger partial charge in [-0.2, -0.15) is 4.98 Å². The molecule has 0 fully saturated rings. The van der Waals surface area contributed by atoms with E-state index in [1.54, 1.807) is 18.0 Å². The Kier molecular flexibility index (Phi) is 4.08. The van der Waals surface area contributed by atoms with Gasteiger partial charge in [0.05, 0.1) is 6.26 Å². The predicted octanol–water partition coefficient (Wildman–Crippen LogP) is 4.14. The second-order valence-electron chi connectivity index (χ2n) is 5.30. The smallest absolute Gasteiger partial charge is 0.247 e. The lowest BCUT2D eigenvalue weighted by Crippen LogP contribution is -2.16. The molecule has 6 nitrogen and oxygen atoms in total. The molecule has 1 atom stereocenters. The summed E-state index contributed by atoms with van der Waals surface area (Å²) in [5.74, 6) is 2.08. The minimum Gasteiger partial charge on any atom is -0.463 e. The lowest BCUT2D eigenvalue weighted by molar-refractivity contribution is 0.195. The highest BCUT2D eigenvalue weighted by Crippen LogP contribution is 2.39. The summed E-state index contributed by atoms with van der Waals surface area (Å²) in [6.45, 7) is 2.12. The van der Waals surface area contributed by atoms with Gasteiger partial charge in [-0.15, -0.1) is 10.2 Å². The molecular weight excluding hydrogens is 324 g/mol. The molecule has 0 amide bonds. The number of fused-ring (bicyclic) bond motifs is 3. The molecule has 122 valence electrons. The van der Waals surface area contributed by atoms with Gasteiger partial charge in [-0.1, -0.05) is 36.9 Å². The molecular formula is C17H16N4O2S. The van der Waals surface area contributed by atoms with Gasteiger partial charge in [0.2, 0.25) is 17.3 Å². The summed E-state index contributed by atoms with van der Waals surface area (Å²) in [7, 11) is 0. The Morgan fingerprint density at radius 2 is 2.08 bits per heavy atom. The van der Waals surface area contributed by atoms with Crippen LogP contribution in [0.5, 0.6) is 5.88 Å². The van der Waals surface area contributed by atoms with E-state index >= 15 is 0 Å². The van der Waals surface area contributed by atoms with Crippen LogP contribution in [-0.4, -0.2) is 20.9 Å². The lowest BCUT2D eigenvalue weighted by atomic mass is 10.1. The van der Waals surface area contributed by atoms with Gasteiger partial charge in [0.15, 0.2) is 11.5 Å². The Hall–Kier alpha value is -2.54. The number of aromatic nitrogens is 3. The molecule has 1 N–H and O–H groups in total. The summed E-state index contributed by atoms with van der Waals surface area (Å²) in [4.78, 5) is 4.56. The zero-order valence-corrected chi connectivity index (χ0v) is 13.9. The number of anilines is 1. The molecule has 0 unspecified atom stereocenters. The molecule has 0 aliphatic carbocycles. The monoisotopic (exact) mass is 340 g/mol. The van der Waals surface area contributed by atoms with Gasteiger partial charge in [-0.3, -0.25) is 0 Å². The molecule has 7 heteroatoms. The van der Waals surface area contributed by atoms with Crippen molar-refractivity contribution < 1.29 is 9.15 Å². The fourth-order valence-electron chi connectivity index (χ4n) is 2.47. The Balaban J connectivity index is 1.79. The van der Waals surface area contributed by atoms with Crippen molar-refractivity contribution in [2.75, 3.05) is 11.1 Å². The summed E-state index contributed by atoms with van der Waals surface area (Å²) < 4.78 is 11.6. The Labute approximate surface area is 143 Å². The summed E-state index contributed by atoms with van der Waals surface area (Å²) >= 11 is 1.57. The second-order valence-corrected chi connectivity index (χ2v) is 6.36. The van der Waals surface area contributed by atoms with Crippen LogP contribution in [0.1, 0.15) is 25.3 Å². The number of furan rings is 1. The molecule has 0 saturated carbocycles. The van der Waals surface area contributed by atoms with Crippen LogP contribution in [0.2, 0.25) is 0 Å². The summed E-state index contributed by atoms with van der Waals surface area (Å²) in [5.41, 5.74) is 2.45. The first-order valence-electron chi connectivity index (χ1n) is 7.78. The van der Waals surface area contributed by atoms with Gasteiger partial charge < -0.3 is 14.5 Å². The first-order chi connectivity index (χ1) is 11.8. The van der Waals surface area contributed by atoms with E-state index in [-0.39, 0.29) is 0 Å². The minimum atomic E-state index is -0.469. The first-order valence-corrected chi connectivity index (χ1v) is 8.77. The van der Waals surface area contributed by atoms with E-state index in [0.29, 0.717) is 22.5 Å². The van der Waals surface area contributed by atoms with Crippen molar-refractivity contribution in [2.24, 2.45) is 0 Å². The van der Waals surface area contributed by atoms with Crippen LogP contribution in [0.25, 0.3) is 11.3 Å². The van der Waals surface area contributed by atoms with E-state index in [2.05, 4.69) is 27.4 Å². The first kappa shape index (κ1) is 15.0. The SMILES string of the molecule is CCCSc1nnc2c(n1)O[C@@H](c1ccco1)Nc1ccccc1-2. The normalized spacial score (nSPS) is 15.6. The molecule has 0 radical (unpaired) electrons. The van der Waals surface area contributed by atoms with E-state index in [4.69, 9.17) is 9.15 Å². The van der Waals surface area contributed by atoms with Crippen LogP contribution in [-0.2, 0) is 0 Å². The third-order valence-electron chi connectivity index (χ3n) is 3.57. The molecule has 4 rings (SSSR count). The molecule has 3 heterocycles. The van der Waals surface area contributed by atoms with Crippen LogP contribution in [0.3, 0.4) is 0 Å². The standard InChI is InChI=1S/C17H16N4O2S/c1-2-10-24-17-19-16-14(20-21-17)11-6-3-4-7-12(11)18-15(23-16)13-8-5-9-22-13/h3-9,15,18H,2,10H2,1H3/t15-/m0/s1. The highest BCUT2D eigenvalue weighted by molar-refractivity contribution is 7.99. The van der Waals surface area contributed by atoms with Crippen molar-refractivity contribution in [2.45, 2.75) is 24.7 Å². The average molecular weight is 340 g/mol. The number of nitrogens with one attached hydrogen (secondary N) is 1. The number of ether oxygens (including phenoxy) is 1. The van der Waals surface area contributed by atoms with Crippen molar-refractivity contribution >= 4 is 17.4 Å². The molecule has 0 spiro atoms. The lowest BCUT2D eigenvalue weighted by Gasteiger charge is -2.16. The van der Waals surface area contributed by atoms with Crippen LogP contribution in [0, 0.1) is 0 Å². The summed E-state index contributed by atoms with van der Waals surface area (Å²) in [6, 6.07) is 11.6. The minimum absolute atomic E-state index is 0.461. The van der Waals surface area contributed by atoms with Crippen molar-refractivity contribution in [3.8, 4) is 17.1 Å². The molecule has 0 bridgehead atoms. The zero-order chi connectivity index (χ0) is 16.4. The van der Waals surface area contributed by atoms with Gasteiger partial charge >= 0.3 is 0 Å². The molecule has 2 aromatic heterocycles. The van der Waals surface area contributed by atoms with Crippen molar-refractivity contribution in [3.63, 3.8) is 0 Å². The van der Waals surface area contributed by atoms with Gasteiger partial charge in [0, 0.05) is 17.0 Å². The maximum Gasteiger partial charge on any atom is 0.247 e. The number of benzene rings is 1. The number of hydrogen-bond acceptors (Lipinski definition) is 7. The maximum absolute atomic E-state index is 6.07. The van der Waals surface area contributed by atoms with E-state index in [9.17, 15) is 0 Å². The Bertz CT molecular complexity index is 838. The van der Waals surface area contributed by atoms with Crippen LogP contribution in [0.4, 0.5) is 5.69 Å². The maximum atomic E-state index is 6.07. The molecule has 24 heavy (non-hydrogen) atoms. The van der Waals surface area contributed by atoms with Crippen molar-refractivity contribution in [1.29, 1.82) is 0 Å². The van der Waals surface area contributed by atoms with E-state index in [1.165, 1.54) is 0 Å². The number of rotatable bonds is 4. The number of para-hydroxylation sites is 1. The Morgan fingerprint density at radius 3 is 2.92 bits per heavy atom. The van der Waals surface area contributed by atoms with Crippen LogP contribution < -0.4 is 10.1 Å². The predicted molar refractivity (Wildman–Crippen MR) is 92.0 cm³/mol. The third kappa shape index (κ3) is 2.82. The second kappa shape index (κ2) is 6.52. The largest absolute Gasteiger partial charge is 0.463 e. The van der Waals surface area contributed by atoms with Crippen LogP contribution >= 0.6 is 11.8 Å². The number of thioether (sulfide) groups is 1. The van der Waals surface area contributed by atoms with E-state index < -0.39 is 6.23 Å². The van der Waals surface area contributed by atoms with Crippen LogP contribution in [0.15, 0.2) is 52.2 Å². The molecule has 3 aromatic rings. The van der Waals surface area contributed by atoms with Gasteiger partial charge in [-0.05, 0) is 24.6 Å². The van der Waals surface area contributed by atoms with Gasteiger partial charge in [0.25, 0.3) is 0 Å². The molecule has 1 aromatic carbocycles. The van der Waals surface area contributed by atoms with Gasteiger partial charge in [-0.25, -0.2) is 0 Å². The molecule has 0 saturated heterocycles. The number of hydrogen-bond donors (Lipinski definition) is 1. The quantitative estimate of drug-likeness (QED) is 0.716.